The zero-order valence-corrected chi connectivity index (χ0v) is 11.1. The van der Waals surface area contributed by atoms with Crippen molar-refractivity contribution < 1.29 is 8.42 Å². The molecule has 17 heavy (non-hydrogen) atoms. The fourth-order valence-corrected chi connectivity index (χ4v) is 2.66. The topological polar surface area (TPSA) is 58.2 Å². The Kier molecular flexibility index (Phi) is 3.61. The quantitative estimate of drug-likeness (QED) is 0.877. The van der Waals surface area contributed by atoms with E-state index in [-0.39, 0.29) is 4.90 Å². The Labute approximate surface area is 106 Å². The number of hydrogen-bond acceptors (Lipinski definition) is 4. The average Bonchev–Trinajstić information content (AvgIpc) is 2.72. The van der Waals surface area contributed by atoms with Gasteiger partial charge in [0.1, 0.15) is 0 Å². The van der Waals surface area contributed by atoms with Gasteiger partial charge in [-0.1, -0.05) is 11.6 Å². The lowest BCUT2D eigenvalue weighted by Crippen LogP contribution is -2.22. The molecule has 2 rings (SSSR count). The predicted molar refractivity (Wildman–Crippen MR) is 69.5 cm³/mol. The molecule has 0 aromatic heterocycles. The lowest BCUT2D eigenvalue weighted by molar-refractivity contribution is 0.602. The van der Waals surface area contributed by atoms with Crippen molar-refractivity contribution in [2.45, 2.75) is 17.4 Å². The van der Waals surface area contributed by atoms with Crippen LogP contribution in [0.5, 0.6) is 0 Å². The first-order chi connectivity index (χ1) is 7.97. The molecule has 1 aromatic carbocycles. The minimum absolute atomic E-state index is 0.287. The van der Waals surface area contributed by atoms with Gasteiger partial charge >= 0.3 is 0 Å². The number of halogens is 1. The first kappa shape index (κ1) is 12.7. The molecule has 1 aromatic rings. The van der Waals surface area contributed by atoms with E-state index in [1.165, 1.54) is 12.3 Å². The summed E-state index contributed by atoms with van der Waals surface area (Å²) in [6, 6.07) is 5.04. The van der Waals surface area contributed by atoms with Crippen LogP contribution in [0, 0.1) is 0 Å². The molecule has 0 bridgehead atoms. The fraction of sp³-hybridized carbons (Fsp3) is 0.455. The van der Waals surface area contributed by atoms with Gasteiger partial charge in [0.25, 0.3) is 0 Å². The van der Waals surface area contributed by atoms with Gasteiger partial charge in [-0.15, -0.1) is 0 Å². The number of anilines is 1. The van der Waals surface area contributed by atoms with Crippen LogP contribution < -0.4 is 10.6 Å². The van der Waals surface area contributed by atoms with E-state index in [2.05, 4.69) is 10.6 Å². The zero-order valence-electron chi connectivity index (χ0n) is 9.53. The molecule has 0 spiro atoms. The highest BCUT2D eigenvalue weighted by Crippen LogP contribution is 2.26. The van der Waals surface area contributed by atoms with Gasteiger partial charge in [0.2, 0.25) is 0 Å². The molecule has 0 amide bonds. The van der Waals surface area contributed by atoms with E-state index in [1.807, 2.05) is 0 Å². The van der Waals surface area contributed by atoms with Crippen molar-refractivity contribution in [3.8, 4) is 0 Å². The molecule has 0 aliphatic carbocycles. The summed E-state index contributed by atoms with van der Waals surface area (Å²) < 4.78 is 22.9. The molecule has 1 atom stereocenters. The summed E-state index contributed by atoms with van der Waals surface area (Å²) in [6.07, 6.45) is 2.20. The number of nitrogens with one attached hydrogen (secondary N) is 2. The third-order valence-electron chi connectivity index (χ3n) is 2.79. The Morgan fingerprint density at radius 2 is 2.24 bits per heavy atom. The molecule has 94 valence electrons. The second-order valence-corrected chi connectivity index (χ2v) is 6.67. The van der Waals surface area contributed by atoms with Crippen molar-refractivity contribution in [1.82, 2.24) is 5.32 Å². The van der Waals surface area contributed by atoms with E-state index in [9.17, 15) is 8.42 Å². The SMILES string of the molecule is CS(=O)(=O)c1ccc(Cl)c(NC2CCNC2)c1. The van der Waals surface area contributed by atoms with Crippen LogP contribution in [-0.4, -0.2) is 33.8 Å². The third-order valence-corrected chi connectivity index (χ3v) is 4.23. The maximum atomic E-state index is 11.5. The van der Waals surface area contributed by atoms with Gasteiger partial charge in [-0.05, 0) is 31.2 Å². The van der Waals surface area contributed by atoms with Crippen molar-refractivity contribution in [3.05, 3.63) is 23.2 Å². The molecule has 1 fully saturated rings. The van der Waals surface area contributed by atoms with Crippen LogP contribution in [0.2, 0.25) is 5.02 Å². The highest BCUT2D eigenvalue weighted by Gasteiger charge is 2.16. The molecular weight excluding hydrogens is 260 g/mol. The van der Waals surface area contributed by atoms with Gasteiger partial charge in [-0.2, -0.15) is 0 Å². The number of benzene rings is 1. The van der Waals surface area contributed by atoms with E-state index in [0.29, 0.717) is 16.8 Å². The summed E-state index contributed by atoms with van der Waals surface area (Å²) in [6.45, 7) is 1.85. The van der Waals surface area contributed by atoms with Crippen molar-refractivity contribution >= 4 is 27.1 Å². The molecule has 4 nitrogen and oxygen atoms in total. The van der Waals surface area contributed by atoms with Gasteiger partial charge in [0.05, 0.1) is 15.6 Å². The zero-order chi connectivity index (χ0) is 12.5. The second-order valence-electron chi connectivity index (χ2n) is 4.25. The fourth-order valence-electron chi connectivity index (χ4n) is 1.84. The summed E-state index contributed by atoms with van der Waals surface area (Å²) in [5, 5.41) is 7.04. The van der Waals surface area contributed by atoms with E-state index >= 15 is 0 Å². The van der Waals surface area contributed by atoms with Crippen molar-refractivity contribution in [1.29, 1.82) is 0 Å². The van der Waals surface area contributed by atoms with Gasteiger partial charge in [-0.3, -0.25) is 0 Å². The van der Waals surface area contributed by atoms with Gasteiger partial charge < -0.3 is 10.6 Å². The standard InChI is InChI=1S/C11H15ClN2O2S/c1-17(15,16)9-2-3-10(12)11(6-9)14-8-4-5-13-7-8/h2-3,6,8,13-14H,4-5,7H2,1H3. The largest absolute Gasteiger partial charge is 0.380 e. The highest BCUT2D eigenvalue weighted by atomic mass is 35.5. The Morgan fingerprint density at radius 3 is 2.82 bits per heavy atom. The smallest absolute Gasteiger partial charge is 0.175 e. The summed E-state index contributed by atoms with van der Waals surface area (Å²) in [5.74, 6) is 0. The number of sulfone groups is 1. The minimum Gasteiger partial charge on any atom is -0.380 e. The third kappa shape index (κ3) is 3.12. The molecule has 1 unspecified atom stereocenters. The minimum atomic E-state index is -3.19. The molecule has 1 aliphatic rings. The predicted octanol–water partition coefficient (Wildman–Crippen LogP) is 1.52. The Morgan fingerprint density at radius 1 is 1.47 bits per heavy atom. The lowest BCUT2D eigenvalue weighted by Gasteiger charge is -2.15. The van der Waals surface area contributed by atoms with Crippen LogP contribution in [0.15, 0.2) is 23.1 Å². The van der Waals surface area contributed by atoms with Gasteiger partial charge in [-0.25, -0.2) is 8.42 Å². The van der Waals surface area contributed by atoms with E-state index in [0.717, 1.165) is 19.5 Å². The molecule has 0 saturated carbocycles. The molecule has 2 N–H and O–H groups in total. The summed E-state index contributed by atoms with van der Waals surface area (Å²) in [7, 11) is -3.19. The average molecular weight is 275 g/mol. The molecular formula is C11H15ClN2O2S. The Hall–Kier alpha value is -0.780. The van der Waals surface area contributed by atoms with Crippen LogP contribution >= 0.6 is 11.6 Å². The van der Waals surface area contributed by atoms with Crippen molar-refractivity contribution in [2.24, 2.45) is 0 Å². The van der Waals surface area contributed by atoms with Crippen molar-refractivity contribution in [3.63, 3.8) is 0 Å². The first-order valence-corrected chi connectivity index (χ1v) is 7.70. The van der Waals surface area contributed by atoms with E-state index < -0.39 is 9.84 Å². The normalized spacial score (nSPS) is 20.5. The maximum absolute atomic E-state index is 11.5. The molecule has 6 heteroatoms. The highest BCUT2D eigenvalue weighted by molar-refractivity contribution is 7.90. The van der Waals surface area contributed by atoms with Crippen LogP contribution in [0.4, 0.5) is 5.69 Å². The summed E-state index contributed by atoms with van der Waals surface area (Å²) >= 11 is 6.05. The first-order valence-electron chi connectivity index (χ1n) is 5.44. The number of rotatable bonds is 3. The molecule has 1 aliphatic heterocycles. The second kappa shape index (κ2) is 4.84. The van der Waals surface area contributed by atoms with E-state index in [1.54, 1.807) is 12.1 Å². The lowest BCUT2D eigenvalue weighted by atomic mass is 10.2. The van der Waals surface area contributed by atoms with Crippen LogP contribution in [-0.2, 0) is 9.84 Å². The molecule has 1 heterocycles. The molecule has 0 radical (unpaired) electrons. The number of hydrogen-bond donors (Lipinski definition) is 2. The summed E-state index contributed by atoms with van der Waals surface area (Å²) in [4.78, 5) is 0.287. The van der Waals surface area contributed by atoms with Gasteiger partial charge in [0, 0.05) is 18.8 Å². The maximum Gasteiger partial charge on any atom is 0.175 e. The van der Waals surface area contributed by atoms with E-state index in [4.69, 9.17) is 11.6 Å². The van der Waals surface area contributed by atoms with Crippen LogP contribution in [0.1, 0.15) is 6.42 Å². The monoisotopic (exact) mass is 274 g/mol. The van der Waals surface area contributed by atoms with Crippen LogP contribution in [0.3, 0.4) is 0 Å². The molecule has 1 saturated heterocycles. The van der Waals surface area contributed by atoms with Crippen LogP contribution in [0.25, 0.3) is 0 Å². The Balaban J connectivity index is 2.26. The van der Waals surface area contributed by atoms with Crippen molar-refractivity contribution in [2.75, 3.05) is 24.7 Å². The Bertz CT molecular complexity index is 510. The van der Waals surface area contributed by atoms with Gasteiger partial charge in [0.15, 0.2) is 9.84 Å². The summed E-state index contributed by atoms with van der Waals surface area (Å²) in [5.41, 5.74) is 0.684.